The van der Waals surface area contributed by atoms with E-state index >= 15 is 0 Å². The van der Waals surface area contributed by atoms with Gasteiger partial charge in [-0.3, -0.25) is 14.9 Å². The Morgan fingerprint density at radius 1 is 1.23 bits per heavy atom. The van der Waals surface area contributed by atoms with Crippen molar-refractivity contribution in [3.8, 4) is 5.75 Å². The van der Waals surface area contributed by atoms with Crippen LogP contribution in [0.3, 0.4) is 0 Å². The van der Waals surface area contributed by atoms with Crippen molar-refractivity contribution < 1.29 is 31.9 Å². The van der Waals surface area contributed by atoms with Crippen molar-refractivity contribution in [2.45, 2.75) is 44.4 Å². The maximum Gasteiger partial charge on any atom is 0.573 e. The Morgan fingerprint density at radius 2 is 1.94 bits per heavy atom. The summed E-state index contributed by atoms with van der Waals surface area (Å²) >= 11 is 0. The first kappa shape index (κ1) is 22.5. The van der Waals surface area contributed by atoms with E-state index in [1.165, 1.54) is 6.07 Å². The molecule has 3 atom stereocenters. The number of hydrogen-bond acceptors (Lipinski definition) is 4. The number of amides is 2. The summed E-state index contributed by atoms with van der Waals surface area (Å²) in [5.41, 5.74) is 1.06. The second-order valence-corrected chi connectivity index (χ2v) is 7.04. The largest absolute Gasteiger partial charge is 0.573 e. The van der Waals surface area contributed by atoms with E-state index in [4.69, 9.17) is 0 Å². The maximum atomic E-state index is 14.1. The van der Waals surface area contributed by atoms with E-state index < -0.39 is 42.1 Å². The highest BCUT2D eigenvalue weighted by Gasteiger charge is 2.34. The lowest BCUT2D eigenvalue weighted by atomic mass is 10.0. The monoisotopic (exact) mass is 439 g/mol. The number of benzene rings is 2. The highest BCUT2D eigenvalue weighted by atomic mass is 19.4. The standard InChI is InChI=1S/C21H21F4N3O3/c1-2-15(13-8-9-17(14(22)10-13)31-21(23,24)25)27-20(30)16-11-18(29)28-19(26-16)12-6-4-3-5-7-12/h3-10,15-16,19,26H,2,11H2,1H3,(H,27,30)(H,28,29)/t15-,16?,19?/m1/s1. The van der Waals surface area contributed by atoms with E-state index in [0.29, 0.717) is 6.42 Å². The lowest BCUT2D eigenvalue weighted by Crippen LogP contribution is -2.56. The molecule has 1 fully saturated rings. The van der Waals surface area contributed by atoms with E-state index in [2.05, 4.69) is 20.7 Å². The molecule has 0 spiro atoms. The molecule has 2 amide bonds. The van der Waals surface area contributed by atoms with Crippen LogP contribution in [0, 0.1) is 5.82 Å². The van der Waals surface area contributed by atoms with Gasteiger partial charge in [0.2, 0.25) is 11.8 Å². The Hall–Kier alpha value is -3.14. The van der Waals surface area contributed by atoms with Gasteiger partial charge in [-0.15, -0.1) is 13.2 Å². The molecule has 1 saturated heterocycles. The number of halogens is 4. The number of rotatable bonds is 6. The summed E-state index contributed by atoms with van der Waals surface area (Å²) in [5.74, 6) is -2.92. The molecule has 10 heteroatoms. The normalized spacial score (nSPS) is 20.0. The smallest absolute Gasteiger partial charge is 0.403 e. The van der Waals surface area contributed by atoms with Crippen LogP contribution in [-0.2, 0) is 9.59 Å². The van der Waals surface area contributed by atoms with Gasteiger partial charge in [0.1, 0.15) is 6.17 Å². The molecule has 0 saturated carbocycles. The summed E-state index contributed by atoms with van der Waals surface area (Å²) in [6, 6.07) is 10.6. The van der Waals surface area contributed by atoms with Crippen LogP contribution in [0.1, 0.15) is 43.1 Å². The van der Waals surface area contributed by atoms with Gasteiger partial charge in [-0.25, -0.2) is 4.39 Å². The Balaban J connectivity index is 1.70. The van der Waals surface area contributed by atoms with E-state index in [1.807, 2.05) is 6.07 Å². The molecule has 0 bridgehead atoms. The molecule has 0 aliphatic carbocycles. The molecule has 1 aliphatic heterocycles. The predicted molar refractivity (Wildman–Crippen MR) is 103 cm³/mol. The van der Waals surface area contributed by atoms with Gasteiger partial charge in [0.05, 0.1) is 18.5 Å². The maximum absolute atomic E-state index is 14.1. The first-order valence-corrected chi connectivity index (χ1v) is 9.62. The third kappa shape index (κ3) is 5.94. The van der Waals surface area contributed by atoms with Crippen LogP contribution < -0.4 is 20.7 Å². The van der Waals surface area contributed by atoms with Crippen LogP contribution in [0.2, 0.25) is 0 Å². The van der Waals surface area contributed by atoms with E-state index in [0.717, 1.165) is 17.7 Å². The number of ether oxygens (including phenoxy) is 1. The number of alkyl halides is 3. The van der Waals surface area contributed by atoms with Crippen LogP contribution in [0.25, 0.3) is 0 Å². The molecule has 31 heavy (non-hydrogen) atoms. The number of nitrogens with one attached hydrogen (secondary N) is 3. The minimum atomic E-state index is -5.01. The molecule has 2 aromatic rings. The highest BCUT2D eigenvalue weighted by Crippen LogP contribution is 2.28. The van der Waals surface area contributed by atoms with Crippen LogP contribution >= 0.6 is 0 Å². The zero-order chi connectivity index (χ0) is 22.6. The van der Waals surface area contributed by atoms with Crippen LogP contribution in [0.5, 0.6) is 5.75 Å². The fourth-order valence-electron chi connectivity index (χ4n) is 3.34. The highest BCUT2D eigenvalue weighted by molar-refractivity contribution is 5.89. The summed E-state index contributed by atoms with van der Waals surface area (Å²) in [5, 5.41) is 8.56. The minimum Gasteiger partial charge on any atom is -0.403 e. The average Bonchev–Trinajstić information content (AvgIpc) is 2.72. The number of carbonyl (C=O) groups is 2. The lowest BCUT2D eigenvalue weighted by molar-refractivity contribution is -0.275. The molecule has 2 unspecified atom stereocenters. The van der Waals surface area contributed by atoms with Gasteiger partial charge >= 0.3 is 6.36 Å². The van der Waals surface area contributed by atoms with Crippen molar-refractivity contribution in [3.63, 3.8) is 0 Å². The molecular weight excluding hydrogens is 418 g/mol. The molecule has 3 N–H and O–H groups in total. The lowest BCUT2D eigenvalue weighted by Gasteiger charge is -2.32. The van der Waals surface area contributed by atoms with Crippen molar-refractivity contribution >= 4 is 11.8 Å². The van der Waals surface area contributed by atoms with Gasteiger partial charge in [-0.2, -0.15) is 0 Å². The second-order valence-electron chi connectivity index (χ2n) is 7.04. The first-order chi connectivity index (χ1) is 14.7. The van der Waals surface area contributed by atoms with Crippen molar-refractivity contribution in [1.82, 2.24) is 16.0 Å². The van der Waals surface area contributed by atoms with Crippen LogP contribution in [0.4, 0.5) is 17.6 Å². The van der Waals surface area contributed by atoms with E-state index in [9.17, 15) is 27.2 Å². The van der Waals surface area contributed by atoms with E-state index in [1.54, 1.807) is 31.2 Å². The molecule has 6 nitrogen and oxygen atoms in total. The first-order valence-electron chi connectivity index (χ1n) is 9.62. The van der Waals surface area contributed by atoms with Gasteiger partial charge < -0.3 is 15.4 Å². The Bertz CT molecular complexity index is 937. The predicted octanol–water partition coefficient (Wildman–Crippen LogP) is 3.47. The molecular formula is C21H21F4N3O3. The molecule has 1 heterocycles. The third-order valence-corrected chi connectivity index (χ3v) is 4.82. The SMILES string of the molecule is CC[C@@H](NC(=O)C1CC(=O)NC(c2ccccc2)N1)c1ccc(OC(F)(F)F)c(F)c1. The zero-order valence-corrected chi connectivity index (χ0v) is 16.5. The molecule has 0 radical (unpaired) electrons. The molecule has 2 aromatic carbocycles. The van der Waals surface area contributed by atoms with Crippen molar-refractivity contribution in [3.05, 3.63) is 65.5 Å². The minimum absolute atomic E-state index is 0.0850. The van der Waals surface area contributed by atoms with Crippen molar-refractivity contribution in [1.29, 1.82) is 0 Å². The van der Waals surface area contributed by atoms with E-state index in [-0.39, 0.29) is 17.9 Å². The van der Waals surface area contributed by atoms with Crippen LogP contribution in [0.15, 0.2) is 48.5 Å². The zero-order valence-electron chi connectivity index (χ0n) is 16.5. The molecule has 0 aromatic heterocycles. The average molecular weight is 439 g/mol. The molecule has 1 aliphatic rings. The summed E-state index contributed by atoms with van der Waals surface area (Å²) in [4.78, 5) is 24.9. The molecule has 3 rings (SSSR count). The number of hydrogen-bond donors (Lipinski definition) is 3. The Morgan fingerprint density at radius 3 is 2.55 bits per heavy atom. The summed E-state index contributed by atoms with van der Waals surface area (Å²) in [6.45, 7) is 1.73. The topological polar surface area (TPSA) is 79.5 Å². The fourth-order valence-corrected chi connectivity index (χ4v) is 3.34. The van der Waals surface area contributed by atoms with Crippen LogP contribution in [-0.4, -0.2) is 24.2 Å². The van der Waals surface area contributed by atoms with Gasteiger partial charge in [0, 0.05) is 0 Å². The number of carbonyl (C=O) groups excluding carboxylic acids is 2. The summed E-state index contributed by atoms with van der Waals surface area (Å²) < 4.78 is 54.7. The van der Waals surface area contributed by atoms with Gasteiger partial charge in [-0.05, 0) is 29.7 Å². The van der Waals surface area contributed by atoms with Gasteiger partial charge in [0.25, 0.3) is 0 Å². The molecule has 166 valence electrons. The second kappa shape index (κ2) is 9.34. The Labute approximate surface area is 176 Å². The third-order valence-electron chi connectivity index (χ3n) is 4.82. The Kier molecular flexibility index (Phi) is 6.79. The quantitative estimate of drug-likeness (QED) is 0.603. The van der Waals surface area contributed by atoms with Gasteiger partial charge in [-0.1, -0.05) is 43.3 Å². The van der Waals surface area contributed by atoms with Crippen molar-refractivity contribution in [2.75, 3.05) is 0 Å². The van der Waals surface area contributed by atoms with Crippen molar-refractivity contribution in [2.24, 2.45) is 0 Å². The van der Waals surface area contributed by atoms with Gasteiger partial charge in [0.15, 0.2) is 11.6 Å². The summed E-state index contributed by atoms with van der Waals surface area (Å²) in [7, 11) is 0. The summed E-state index contributed by atoms with van der Waals surface area (Å²) in [6.07, 6.45) is -5.29. The fraction of sp³-hybridized carbons (Fsp3) is 0.333.